The number of pyridine rings is 1. The average molecular weight is 273 g/mol. The summed E-state index contributed by atoms with van der Waals surface area (Å²) in [5.74, 6) is -0.577. The van der Waals surface area contributed by atoms with Crippen LogP contribution in [0.1, 0.15) is 5.69 Å². The first-order valence-electron chi connectivity index (χ1n) is 5.85. The Balaban J connectivity index is 1.77. The van der Waals surface area contributed by atoms with Crippen molar-refractivity contribution in [2.75, 3.05) is 6.61 Å². The Morgan fingerprint density at radius 2 is 2.25 bits per heavy atom. The summed E-state index contributed by atoms with van der Waals surface area (Å²) in [4.78, 5) is 15.4. The summed E-state index contributed by atoms with van der Waals surface area (Å²) in [6.07, 6.45) is 3.04. The normalized spacial score (nSPS) is 10.4. The van der Waals surface area contributed by atoms with Crippen LogP contribution >= 0.6 is 0 Å². The van der Waals surface area contributed by atoms with Crippen molar-refractivity contribution in [1.29, 1.82) is 0 Å². The van der Waals surface area contributed by atoms with Gasteiger partial charge < -0.3 is 4.74 Å². The standard InChI is InChI=1S/C14H12FN3O2/c15-11-4-3-6-13(8-11)20-10-14(19)18-17-9-12-5-1-2-7-16-12/h1-9H,10H2,(H,18,19)/b17-9-. The van der Waals surface area contributed by atoms with Crippen LogP contribution in [0.2, 0.25) is 0 Å². The Morgan fingerprint density at radius 1 is 1.35 bits per heavy atom. The van der Waals surface area contributed by atoms with Crippen LogP contribution in [0.15, 0.2) is 53.8 Å². The highest BCUT2D eigenvalue weighted by molar-refractivity contribution is 5.81. The third kappa shape index (κ3) is 4.49. The van der Waals surface area contributed by atoms with Gasteiger partial charge in [0, 0.05) is 12.3 Å². The minimum absolute atomic E-state index is 0.247. The quantitative estimate of drug-likeness (QED) is 0.666. The van der Waals surface area contributed by atoms with Crippen molar-refractivity contribution in [2.45, 2.75) is 0 Å². The first-order valence-corrected chi connectivity index (χ1v) is 5.85. The van der Waals surface area contributed by atoms with Gasteiger partial charge in [-0.25, -0.2) is 9.82 Å². The van der Waals surface area contributed by atoms with Crippen LogP contribution in [0.25, 0.3) is 0 Å². The Hall–Kier alpha value is -2.76. The molecule has 1 aromatic heterocycles. The molecule has 0 saturated heterocycles. The lowest BCUT2D eigenvalue weighted by Gasteiger charge is -2.04. The highest BCUT2D eigenvalue weighted by Gasteiger charge is 2.01. The molecule has 2 aromatic rings. The van der Waals surface area contributed by atoms with Crippen LogP contribution in [-0.2, 0) is 4.79 Å². The highest BCUT2D eigenvalue weighted by atomic mass is 19.1. The Labute approximate surface area is 115 Å². The number of nitrogens with one attached hydrogen (secondary N) is 1. The van der Waals surface area contributed by atoms with E-state index in [0.717, 1.165) is 0 Å². The van der Waals surface area contributed by atoms with Gasteiger partial charge in [0.05, 0.1) is 11.9 Å². The first-order chi connectivity index (χ1) is 9.74. The number of aromatic nitrogens is 1. The fourth-order valence-corrected chi connectivity index (χ4v) is 1.36. The second-order valence-corrected chi connectivity index (χ2v) is 3.79. The second kappa shape index (κ2) is 6.98. The van der Waals surface area contributed by atoms with Crippen LogP contribution in [-0.4, -0.2) is 23.7 Å². The molecule has 2 rings (SSSR count). The van der Waals surface area contributed by atoms with Crippen LogP contribution < -0.4 is 10.2 Å². The van der Waals surface area contributed by atoms with Gasteiger partial charge in [-0.05, 0) is 24.3 Å². The molecule has 0 fully saturated rings. The maximum absolute atomic E-state index is 12.9. The van der Waals surface area contributed by atoms with Gasteiger partial charge in [-0.2, -0.15) is 5.10 Å². The number of carbonyl (C=O) groups is 1. The number of hydrazone groups is 1. The maximum Gasteiger partial charge on any atom is 0.277 e. The summed E-state index contributed by atoms with van der Waals surface area (Å²) in [5.41, 5.74) is 2.91. The number of amides is 1. The third-order valence-electron chi connectivity index (χ3n) is 2.24. The van der Waals surface area contributed by atoms with Gasteiger partial charge in [0.1, 0.15) is 11.6 Å². The molecule has 102 valence electrons. The maximum atomic E-state index is 12.9. The van der Waals surface area contributed by atoms with Gasteiger partial charge in [-0.15, -0.1) is 0 Å². The molecule has 0 bridgehead atoms. The predicted octanol–water partition coefficient (Wildman–Crippen LogP) is 1.75. The van der Waals surface area contributed by atoms with Crippen LogP contribution in [0.4, 0.5) is 4.39 Å². The fourth-order valence-electron chi connectivity index (χ4n) is 1.36. The molecule has 1 aromatic carbocycles. The zero-order valence-corrected chi connectivity index (χ0v) is 10.5. The van der Waals surface area contributed by atoms with Gasteiger partial charge in [0.2, 0.25) is 0 Å². The summed E-state index contributed by atoms with van der Waals surface area (Å²) >= 11 is 0. The molecule has 6 heteroatoms. The van der Waals surface area contributed by atoms with E-state index in [9.17, 15) is 9.18 Å². The van der Waals surface area contributed by atoms with E-state index >= 15 is 0 Å². The molecule has 0 aliphatic heterocycles. The summed E-state index contributed by atoms with van der Waals surface area (Å²) in [7, 11) is 0. The topological polar surface area (TPSA) is 63.6 Å². The largest absolute Gasteiger partial charge is 0.484 e. The monoisotopic (exact) mass is 273 g/mol. The Kier molecular flexibility index (Phi) is 4.77. The molecule has 0 atom stereocenters. The highest BCUT2D eigenvalue weighted by Crippen LogP contribution is 2.11. The Morgan fingerprint density at radius 3 is 3.00 bits per heavy atom. The number of rotatable bonds is 5. The van der Waals surface area contributed by atoms with E-state index in [-0.39, 0.29) is 12.4 Å². The van der Waals surface area contributed by atoms with Crippen molar-refractivity contribution in [1.82, 2.24) is 10.4 Å². The van der Waals surface area contributed by atoms with Gasteiger partial charge in [-0.1, -0.05) is 12.1 Å². The van der Waals surface area contributed by atoms with Crippen LogP contribution in [0.5, 0.6) is 5.75 Å². The van der Waals surface area contributed by atoms with Gasteiger partial charge >= 0.3 is 0 Å². The molecule has 0 saturated carbocycles. The molecular formula is C14H12FN3O2. The molecule has 5 nitrogen and oxygen atoms in total. The number of nitrogens with zero attached hydrogens (tertiary/aromatic N) is 2. The molecular weight excluding hydrogens is 261 g/mol. The molecule has 0 spiro atoms. The van der Waals surface area contributed by atoms with E-state index in [1.807, 2.05) is 6.07 Å². The van der Waals surface area contributed by atoms with E-state index in [4.69, 9.17) is 4.74 Å². The SMILES string of the molecule is O=C(COc1cccc(F)c1)N/N=C\c1ccccn1. The predicted molar refractivity (Wildman–Crippen MR) is 71.9 cm³/mol. The number of hydrogen-bond acceptors (Lipinski definition) is 4. The van der Waals surface area contributed by atoms with Gasteiger partial charge in [0.15, 0.2) is 6.61 Å². The van der Waals surface area contributed by atoms with Crippen molar-refractivity contribution >= 4 is 12.1 Å². The number of ether oxygens (including phenoxy) is 1. The summed E-state index contributed by atoms with van der Waals surface area (Å²) in [6.45, 7) is -0.247. The molecule has 1 heterocycles. The lowest BCUT2D eigenvalue weighted by Crippen LogP contribution is -2.24. The second-order valence-electron chi connectivity index (χ2n) is 3.79. The number of carbonyl (C=O) groups excluding carboxylic acids is 1. The van der Waals surface area contributed by atoms with Gasteiger partial charge in [0.25, 0.3) is 5.91 Å². The van der Waals surface area contributed by atoms with E-state index in [1.54, 1.807) is 24.4 Å². The van der Waals surface area contributed by atoms with E-state index in [0.29, 0.717) is 5.69 Å². The lowest BCUT2D eigenvalue weighted by molar-refractivity contribution is -0.123. The zero-order valence-electron chi connectivity index (χ0n) is 10.5. The zero-order chi connectivity index (χ0) is 14.2. The van der Waals surface area contributed by atoms with Crippen molar-refractivity contribution in [3.8, 4) is 5.75 Å². The molecule has 0 radical (unpaired) electrons. The van der Waals surface area contributed by atoms with Crippen molar-refractivity contribution in [2.24, 2.45) is 5.10 Å². The third-order valence-corrected chi connectivity index (χ3v) is 2.24. The summed E-state index contributed by atoms with van der Waals surface area (Å²) in [5, 5.41) is 3.73. The van der Waals surface area contributed by atoms with E-state index < -0.39 is 11.7 Å². The number of benzene rings is 1. The van der Waals surface area contributed by atoms with Crippen LogP contribution in [0.3, 0.4) is 0 Å². The average Bonchev–Trinajstić information content (AvgIpc) is 2.46. The molecule has 1 N–H and O–H groups in total. The lowest BCUT2D eigenvalue weighted by atomic mass is 10.3. The minimum Gasteiger partial charge on any atom is -0.484 e. The van der Waals surface area contributed by atoms with Crippen molar-refractivity contribution in [3.63, 3.8) is 0 Å². The minimum atomic E-state index is -0.443. The van der Waals surface area contributed by atoms with E-state index in [2.05, 4.69) is 15.5 Å². The summed E-state index contributed by atoms with van der Waals surface area (Å²) in [6, 6.07) is 10.9. The number of halogens is 1. The molecule has 1 amide bonds. The smallest absolute Gasteiger partial charge is 0.277 e. The molecule has 0 unspecified atom stereocenters. The molecule has 0 aliphatic carbocycles. The fraction of sp³-hybridized carbons (Fsp3) is 0.0714. The van der Waals surface area contributed by atoms with E-state index in [1.165, 1.54) is 24.4 Å². The van der Waals surface area contributed by atoms with Gasteiger partial charge in [-0.3, -0.25) is 9.78 Å². The van der Waals surface area contributed by atoms with Crippen molar-refractivity contribution in [3.05, 3.63) is 60.2 Å². The Bertz CT molecular complexity index is 602. The molecule has 20 heavy (non-hydrogen) atoms. The van der Waals surface area contributed by atoms with Crippen molar-refractivity contribution < 1.29 is 13.9 Å². The van der Waals surface area contributed by atoms with Crippen LogP contribution in [0, 0.1) is 5.82 Å². The summed E-state index contributed by atoms with van der Waals surface area (Å²) < 4.78 is 18.0. The number of hydrogen-bond donors (Lipinski definition) is 1. The molecule has 0 aliphatic rings. The first kappa shape index (κ1) is 13.7.